The van der Waals surface area contributed by atoms with Crippen molar-refractivity contribution in [2.24, 2.45) is 0 Å². The summed E-state index contributed by atoms with van der Waals surface area (Å²) >= 11 is 12.3. The molecule has 0 aliphatic heterocycles. The van der Waals surface area contributed by atoms with Crippen molar-refractivity contribution in [3.63, 3.8) is 0 Å². The van der Waals surface area contributed by atoms with E-state index >= 15 is 0 Å². The molecule has 1 N–H and O–H groups in total. The highest BCUT2D eigenvalue weighted by molar-refractivity contribution is 9.11. The van der Waals surface area contributed by atoms with Crippen LogP contribution in [0.5, 0.6) is 0 Å². The van der Waals surface area contributed by atoms with Gasteiger partial charge in [0.15, 0.2) is 0 Å². The molecule has 0 fully saturated rings. The quantitative estimate of drug-likeness (QED) is 0.801. The molecule has 0 unspecified atom stereocenters. The predicted octanol–water partition coefficient (Wildman–Crippen LogP) is 3.19. The molecular formula is C9H5Br2ClN2O. The summed E-state index contributed by atoms with van der Waals surface area (Å²) < 4.78 is 1.59. The Hall–Kier alpha value is -0.390. The molecule has 0 spiro atoms. The summed E-state index contributed by atoms with van der Waals surface area (Å²) in [6.45, 7) is 0. The van der Waals surface area contributed by atoms with Crippen molar-refractivity contribution in [1.29, 1.82) is 0 Å². The van der Waals surface area contributed by atoms with Crippen LogP contribution in [0, 0.1) is 0 Å². The second kappa shape index (κ2) is 4.23. The lowest BCUT2D eigenvalue weighted by Crippen LogP contribution is -2.11. The molecule has 0 radical (unpaired) electrons. The van der Waals surface area contributed by atoms with E-state index < -0.39 is 0 Å². The van der Waals surface area contributed by atoms with Gasteiger partial charge in [0.1, 0.15) is 5.82 Å². The maximum atomic E-state index is 11.7. The SMILES string of the molecule is O=c1[nH]c(CCl)nc2c(Br)cc(Br)cc12. The lowest BCUT2D eigenvalue weighted by Gasteiger charge is -2.02. The second-order valence-corrected chi connectivity index (χ2v) is 4.97. The van der Waals surface area contributed by atoms with E-state index in [4.69, 9.17) is 11.6 Å². The van der Waals surface area contributed by atoms with Gasteiger partial charge in [0.05, 0.1) is 16.8 Å². The lowest BCUT2D eigenvalue weighted by atomic mass is 10.2. The highest BCUT2D eigenvalue weighted by Crippen LogP contribution is 2.25. The number of aromatic amines is 1. The number of hydrogen-bond donors (Lipinski definition) is 1. The van der Waals surface area contributed by atoms with Gasteiger partial charge in [-0.3, -0.25) is 4.79 Å². The maximum Gasteiger partial charge on any atom is 0.258 e. The first kappa shape index (κ1) is 11.1. The van der Waals surface area contributed by atoms with Crippen molar-refractivity contribution in [2.45, 2.75) is 5.88 Å². The van der Waals surface area contributed by atoms with Crippen LogP contribution in [0.3, 0.4) is 0 Å². The first-order valence-corrected chi connectivity index (χ1v) is 6.18. The van der Waals surface area contributed by atoms with Crippen LogP contribution < -0.4 is 5.56 Å². The van der Waals surface area contributed by atoms with Crippen molar-refractivity contribution in [3.8, 4) is 0 Å². The average molecular weight is 352 g/mol. The van der Waals surface area contributed by atoms with E-state index in [1.54, 1.807) is 6.07 Å². The predicted molar refractivity (Wildman–Crippen MR) is 67.3 cm³/mol. The maximum absolute atomic E-state index is 11.7. The zero-order valence-electron chi connectivity index (χ0n) is 7.35. The van der Waals surface area contributed by atoms with E-state index in [0.717, 1.165) is 8.95 Å². The normalized spacial score (nSPS) is 10.9. The third-order valence-corrected chi connectivity index (χ3v) is 3.22. The minimum absolute atomic E-state index is 0.183. The van der Waals surface area contributed by atoms with Gasteiger partial charge in [-0.1, -0.05) is 15.9 Å². The summed E-state index contributed by atoms with van der Waals surface area (Å²) in [6.07, 6.45) is 0. The number of nitrogens with one attached hydrogen (secondary N) is 1. The van der Waals surface area contributed by atoms with E-state index in [1.165, 1.54) is 0 Å². The second-order valence-electron chi connectivity index (χ2n) is 2.93. The van der Waals surface area contributed by atoms with Crippen molar-refractivity contribution in [3.05, 3.63) is 37.3 Å². The highest BCUT2D eigenvalue weighted by atomic mass is 79.9. The Bertz CT molecular complexity index is 582. The summed E-state index contributed by atoms with van der Waals surface area (Å²) in [6, 6.07) is 3.57. The molecule has 0 atom stereocenters. The molecule has 6 heteroatoms. The molecule has 1 aromatic carbocycles. The lowest BCUT2D eigenvalue weighted by molar-refractivity contribution is 1.03. The molecule has 15 heavy (non-hydrogen) atoms. The van der Waals surface area contributed by atoms with E-state index in [2.05, 4.69) is 41.8 Å². The van der Waals surface area contributed by atoms with Crippen molar-refractivity contribution in [2.75, 3.05) is 0 Å². The molecule has 2 aromatic rings. The first-order valence-electron chi connectivity index (χ1n) is 4.05. The third kappa shape index (κ3) is 2.09. The van der Waals surface area contributed by atoms with Crippen LogP contribution in [0.1, 0.15) is 5.82 Å². The Balaban J connectivity index is 2.91. The average Bonchev–Trinajstić information content (AvgIpc) is 2.19. The number of fused-ring (bicyclic) bond motifs is 1. The van der Waals surface area contributed by atoms with Gasteiger partial charge in [-0.2, -0.15) is 0 Å². The van der Waals surface area contributed by atoms with Crippen LogP contribution in [0.2, 0.25) is 0 Å². The number of alkyl halides is 1. The van der Waals surface area contributed by atoms with Gasteiger partial charge >= 0.3 is 0 Å². The number of benzene rings is 1. The Morgan fingerprint density at radius 2 is 2.13 bits per heavy atom. The Morgan fingerprint density at radius 1 is 1.40 bits per heavy atom. The Labute approximate surface area is 107 Å². The number of rotatable bonds is 1. The fourth-order valence-corrected chi connectivity index (χ4v) is 2.72. The van der Waals surface area contributed by atoms with Crippen LogP contribution in [-0.4, -0.2) is 9.97 Å². The zero-order valence-corrected chi connectivity index (χ0v) is 11.3. The molecule has 0 aliphatic carbocycles. The van der Waals surface area contributed by atoms with Crippen LogP contribution in [0.4, 0.5) is 0 Å². The minimum atomic E-state index is -0.183. The summed E-state index contributed by atoms with van der Waals surface area (Å²) in [7, 11) is 0. The van der Waals surface area contributed by atoms with E-state index in [0.29, 0.717) is 16.7 Å². The standard InChI is InChI=1S/C9H5Br2ClN2O/c10-4-1-5-8(6(11)2-4)13-7(3-12)14-9(5)15/h1-2H,3H2,(H,13,14,15). The summed E-state index contributed by atoms with van der Waals surface area (Å²) in [4.78, 5) is 18.5. The van der Waals surface area contributed by atoms with Crippen LogP contribution in [0.15, 0.2) is 25.9 Å². The molecule has 78 valence electrons. The van der Waals surface area contributed by atoms with Crippen molar-refractivity contribution >= 4 is 54.4 Å². The smallest absolute Gasteiger partial charge is 0.258 e. The van der Waals surface area contributed by atoms with Gasteiger partial charge in [0.2, 0.25) is 0 Å². The minimum Gasteiger partial charge on any atom is -0.309 e. The number of halogens is 3. The number of aromatic nitrogens is 2. The number of nitrogens with zero attached hydrogens (tertiary/aromatic N) is 1. The topological polar surface area (TPSA) is 45.8 Å². The molecule has 1 aromatic heterocycles. The van der Waals surface area contributed by atoms with Crippen LogP contribution >= 0.6 is 43.5 Å². The molecule has 0 aliphatic rings. The molecular weight excluding hydrogens is 347 g/mol. The number of hydrogen-bond acceptors (Lipinski definition) is 2. The van der Waals surface area contributed by atoms with E-state index in [9.17, 15) is 4.79 Å². The first-order chi connectivity index (χ1) is 7.11. The van der Waals surface area contributed by atoms with Gasteiger partial charge in [0, 0.05) is 8.95 Å². The summed E-state index contributed by atoms with van der Waals surface area (Å²) in [5.74, 6) is 0.658. The molecule has 0 saturated heterocycles. The van der Waals surface area contributed by atoms with Gasteiger partial charge < -0.3 is 4.98 Å². The van der Waals surface area contributed by atoms with Gasteiger partial charge in [-0.05, 0) is 28.1 Å². The molecule has 3 nitrogen and oxygen atoms in total. The monoisotopic (exact) mass is 350 g/mol. The molecule has 2 rings (SSSR count). The summed E-state index contributed by atoms with van der Waals surface area (Å²) in [5.41, 5.74) is 0.440. The summed E-state index contributed by atoms with van der Waals surface area (Å²) in [5, 5.41) is 0.533. The Morgan fingerprint density at radius 3 is 2.80 bits per heavy atom. The zero-order chi connectivity index (χ0) is 11.0. The fraction of sp³-hybridized carbons (Fsp3) is 0.111. The van der Waals surface area contributed by atoms with Gasteiger partial charge in [-0.25, -0.2) is 4.98 Å². The number of H-pyrrole nitrogens is 1. The largest absolute Gasteiger partial charge is 0.309 e. The fourth-order valence-electron chi connectivity index (χ4n) is 1.28. The Kier molecular flexibility index (Phi) is 3.13. The van der Waals surface area contributed by atoms with Crippen molar-refractivity contribution in [1.82, 2.24) is 9.97 Å². The van der Waals surface area contributed by atoms with E-state index in [1.807, 2.05) is 6.07 Å². The van der Waals surface area contributed by atoms with Crippen LogP contribution in [-0.2, 0) is 5.88 Å². The molecule has 0 saturated carbocycles. The molecule has 0 amide bonds. The van der Waals surface area contributed by atoms with Crippen molar-refractivity contribution < 1.29 is 0 Å². The molecule has 1 heterocycles. The van der Waals surface area contributed by atoms with Gasteiger partial charge in [0.25, 0.3) is 5.56 Å². The molecule has 0 bridgehead atoms. The van der Waals surface area contributed by atoms with Crippen LogP contribution in [0.25, 0.3) is 10.9 Å². The van der Waals surface area contributed by atoms with E-state index in [-0.39, 0.29) is 11.4 Å². The highest BCUT2D eigenvalue weighted by Gasteiger charge is 2.07. The third-order valence-electron chi connectivity index (χ3n) is 1.90. The van der Waals surface area contributed by atoms with Gasteiger partial charge in [-0.15, -0.1) is 11.6 Å².